The van der Waals surface area contributed by atoms with Crippen LogP contribution < -0.4 is 13.8 Å². The van der Waals surface area contributed by atoms with Gasteiger partial charge in [0.05, 0.1) is 0 Å². The van der Waals surface area contributed by atoms with E-state index in [0.29, 0.717) is 17.8 Å². The first-order valence-corrected chi connectivity index (χ1v) is 12.1. The van der Waals surface area contributed by atoms with Crippen LogP contribution in [0.4, 0.5) is 0 Å². The van der Waals surface area contributed by atoms with Crippen molar-refractivity contribution in [1.82, 2.24) is 14.4 Å². The molecular weight excluding hydrogens is 481 g/mol. The van der Waals surface area contributed by atoms with Crippen molar-refractivity contribution in [3.05, 3.63) is 96.3 Å². The molecule has 0 atom stereocenters. The van der Waals surface area contributed by atoms with Crippen molar-refractivity contribution >= 4 is 29.7 Å². The third-order valence-electron chi connectivity index (χ3n) is 5.27. The van der Waals surface area contributed by atoms with Gasteiger partial charge in [0.1, 0.15) is 0 Å². The number of methoxy groups -OCH3 is 1. The Balaban J connectivity index is 1.61. The van der Waals surface area contributed by atoms with Gasteiger partial charge >= 0.3 is 197 Å². The van der Waals surface area contributed by atoms with Crippen LogP contribution in [0.25, 0.3) is 16.9 Å². The quantitative estimate of drug-likeness (QED) is 0.349. The van der Waals surface area contributed by atoms with Crippen LogP contribution in [-0.4, -0.2) is 46.6 Å². The molecule has 7 heteroatoms. The van der Waals surface area contributed by atoms with Gasteiger partial charge in [-0.1, -0.05) is 0 Å². The monoisotopic (exact) mass is 503 g/mol. The molecule has 0 bridgehead atoms. The Morgan fingerprint density at radius 3 is 2.30 bits per heavy atom. The number of ether oxygens (including phenoxy) is 1. The van der Waals surface area contributed by atoms with Crippen LogP contribution in [0.5, 0.6) is 17.4 Å². The molecule has 0 saturated carbocycles. The summed E-state index contributed by atoms with van der Waals surface area (Å²) in [6.45, 7) is 0. The van der Waals surface area contributed by atoms with Crippen LogP contribution in [0.2, 0.25) is 0 Å². The summed E-state index contributed by atoms with van der Waals surface area (Å²) in [4.78, 5) is 9.72. The number of aromatic hydroxyl groups is 2. The molecule has 0 unspecified atom stereocenters. The Bertz CT molecular complexity index is 1400. The van der Waals surface area contributed by atoms with E-state index < -0.39 is 0 Å². The topological polar surface area (TPSA) is 79.9 Å². The number of imidazole rings is 1. The van der Waals surface area contributed by atoms with E-state index in [4.69, 9.17) is 14.7 Å². The molecule has 5 rings (SSSR count). The van der Waals surface area contributed by atoms with Crippen molar-refractivity contribution < 1.29 is 14.9 Å². The van der Waals surface area contributed by atoms with Gasteiger partial charge in [-0.3, -0.25) is 0 Å². The number of phenols is 1. The summed E-state index contributed by atoms with van der Waals surface area (Å²) < 4.78 is 8.97. The SMILES string of the molecule is COc1ccc([Se]c2nc(-c3ccccc3)cn3c(O)c(Cc4ccc(O)cc4)nc23)cc1. The standard InChI is InChI=1S/C26H21N3O3Se/c1-32-20-11-13-21(14-12-20)33-25-24-27-22(15-17-7-9-19(30)10-8-17)26(31)29(24)16-23(28-25)18-5-3-2-4-6-18/h2-14,16,30-31H,15H2,1H3. The van der Waals surface area contributed by atoms with E-state index in [1.54, 1.807) is 23.6 Å². The van der Waals surface area contributed by atoms with Crippen molar-refractivity contribution in [2.75, 3.05) is 7.11 Å². The molecule has 164 valence electrons. The van der Waals surface area contributed by atoms with Crippen LogP contribution in [0.1, 0.15) is 11.3 Å². The first-order chi connectivity index (χ1) is 16.1. The Kier molecular flexibility index (Phi) is 5.73. The van der Waals surface area contributed by atoms with Gasteiger partial charge in [0, 0.05) is 0 Å². The zero-order valence-corrected chi connectivity index (χ0v) is 19.6. The normalized spacial score (nSPS) is 11.1. The van der Waals surface area contributed by atoms with Crippen molar-refractivity contribution in [2.24, 2.45) is 0 Å². The summed E-state index contributed by atoms with van der Waals surface area (Å²) in [6, 6.07) is 24.8. The van der Waals surface area contributed by atoms with Gasteiger partial charge in [-0.05, 0) is 0 Å². The predicted molar refractivity (Wildman–Crippen MR) is 129 cm³/mol. The molecule has 0 radical (unpaired) electrons. The third-order valence-corrected chi connectivity index (χ3v) is 7.32. The third kappa shape index (κ3) is 4.42. The Morgan fingerprint density at radius 2 is 1.61 bits per heavy atom. The van der Waals surface area contributed by atoms with Crippen molar-refractivity contribution in [2.45, 2.75) is 6.42 Å². The number of hydrogen-bond acceptors (Lipinski definition) is 5. The van der Waals surface area contributed by atoms with Gasteiger partial charge in [-0.25, -0.2) is 0 Å². The van der Waals surface area contributed by atoms with E-state index in [1.807, 2.05) is 72.9 Å². The number of benzene rings is 3. The second-order valence-electron chi connectivity index (χ2n) is 7.49. The average molecular weight is 502 g/mol. The zero-order valence-electron chi connectivity index (χ0n) is 17.8. The van der Waals surface area contributed by atoms with Crippen LogP contribution in [0, 0.1) is 0 Å². The Hall–Kier alpha value is -3.80. The van der Waals surface area contributed by atoms with E-state index in [9.17, 15) is 10.2 Å². The number of hydrogen-bond donors (Lipinski definition) is 2. The van der Waals surface area contributed by atoms with Gasteiger partial charge < -0.3 is 0 Å². The van der Waals surface area contributed by atoms with Crippen molar-refractivity contribution in [3.8, 4) is 28.6 Å². The molecule has 0 aliphatic rings. The second-order valence-corrected chi connectivity index (χ2v) is 9.72. The number of aromatic nitrogens is 3. The van der Waals surface area contributed by atoms with Gasteiger partial charge in [-0.2, -0.15) is 0 Å². The maximum absolute atomic E-state index is 11.0. The predicted octanol–water partition coefficient (Wildman–Crippen LogP) is 3.06. The fourth-order valence-electron chi connectivity index (χ4n) is 3.55. The van der Waals surface area contributed by atoms with E-state index in [0.717, 1.165) is 31.6 Å². The summed E-state index contributed by atoms with van der Waals surface area (Å²) >= 11 is -0.133. The molecule has 3 aromatic carbocycles. The molecule has 2 N–H and O–H groups in total. The van der Waals surface area contributed by atoms with Gasteiger partial charge in [0.15, 0.2) is 0 Å². The van der Waals surface area contributed by atoms with Crippen molar-refractivity contribution in [1.29, 1.82) is 0 Å². The summed E-state index contributed by atoms with van der Waals surface area (Å²) in [5.74, 6) is 1.11. The molecule has 6 nitrogen and oxygen atoms in total. The van der Waals surface area contributed by atoms with Gasteiger partial charge in [-0.15, -0.1) is 0 Å². The molecular formula is C26H21N3O3Se. The Labute approximate surface area is 197 Å². The number of phenolic OH excluding ortho intramolecular Hbond substituents is 1. The maximum atomic E-state index is 11.0. The molecule has 33 heavy (non-hydrogen) atoms. The second kappa shape index (κ2) is 8.98. The van der Waals surface area contributed by atoms with Crippen LogP contribution in [0.15, 0.2) is 85.1 Å². The van der Waals surface area contributed by atoms with E-state index in [-0.39, 0.29) is 26.6 Å². The minimum absolute atomic E-state index is 0.101. The van der Waals surface area contributed by atoms with Gasteiger partial charge in [0.25, 0.3) is 0 Å². The van der Waals surface area contributed by atoms with E-state index in [1.165, 1.54) is 0 Å². The number of nitrogens with zero attached hydrogens (tertiary/aromatic N) is 3. The van der Waals surface area contributed by atoms with Crippen LogP contribution in [0.3, 0.4) is 0 Å². The number of rotatable bonds is 6. The zero-order chi connectivity index (χ0) is 22.8. The minimum atomic E-state index is -0.133. The molecule has 0 spiro atoms. The fourth-order valence-corrected chi connectivity index (χ4v) is 5.39. The molecule has 0 aliphatic heterocycles. The first-order valence-electron chi connectivity index (χ1n) is 10.4. The van der Waals surface area contributed by atoms with E-state index >= 15 is 0 Å². The molecule has 5 aromatic rings. The molecule has 2 aromatic heterocycles. The molecule has 0 aliphatic carbocycles. The first kappa shape index (κ1) is 21.1. The summed E-state index contributed by atoms with van der Waals surface area (Å²) in [5.41, 5.74) is 3.91. The molecule has 0 amide bonds. The molecule has 0 saturated heterocycles. The summed E-state index contributed by atoms with van der Waals surface area (Å²) in [6.07, 6.45) is 2.28. The molecule has 2 heterocycles. The number of fused-ring (bicyclic) bond motifs is 1. The fraction of sp³-hybridized carbons (Fsp3) is 0.0769. The van der Waals surface area contributed by atoms with Gasteiger partial charge in [0.2, 0.25) is 0 Å². The van der Waals surface area contributed by atoms with Crippen LogP contribution in [-0.2, 0) is 6.42 Å². The summed E-state index contributed by atoms with van der Waals surface area (Å²) in [5, 5.41) is 20.6. The van der Waals surface area contributed by atoms with Crippen LogP contribution >= 0.6 is 0 Å². The molecule has 0 fully saturated rings. The van der Waals surface area contributed by atoms with Crippen molar-refractivity contribution in [3.63, 3.8) is 0 Å². The summed E-state index contributed by atoms with van der Waals surface area (Å²) in [7, 11) is 1.65. The Morgan fingerprint density at radius 1 is 0.879 bits per heavy atom. The van der Waals surface area contributed by atoms with E-state index in [2.05, 4.69) is 0 Å². The average Bonchev–Trinajstić information content (AvgIpc) is 3.17.